The van der Waals surface area contributed by atoms with Gasteiger partial charge in [-0.25, -0.2) is 0 Å². The van der Waals surface area contributed by atoms with E-state index < -0.39 is 11.5 Å². The van der Waals surface area contributed by atoms with E-state index in [2.05, 4.69) is 0 Å². The first-order valence-corrected chi connectivity index (χ1v) is 7.39. The van der Waals surface area contributed by atoms with Crippen LogP contribution >= 0.6 is 0 Å². The number of carbonyl (C=O) groups excluding carboxylic acids is 2. The summed E-state index contributed by atoms with van der Waals surface area (Å²) in [6.07, 6.45) is 2.41. The number of benzene rings is 1. The van der Waals surface area contributed by atoms with Crippen molar-refractivity contribution in [2.75, 3.05) is 13.1 Å². The van der Waals surface area contributed by atoms with Gasteiger partial charge in [-0.05, 0) is 43.4 Å². The average molecular weight is 302 g/mol. The molecule has 22 heavy (non-hydrogen) atoms. The highest BCUT2D eigenvalue weighted by atomic mass is 16.3. The van der Waals surface area contributed by atoms with Crippen LogP contribution < -0.4 is 5.73 Å². The minimum Gasteiger partial charge on any atom is -0.378 e. The maximum Gasteiger partial charge on any atom is 0.251 e. The van der Waals surface area contributed by atoms with Crippen molar-refractivity contribution in [1.82, 2.24) is 4.90 Å². The molecular formula is C17H22N2O3. The van der Waals surface area contributed by atoms with Crippen molar-refractivity contribution in [3.05, 3.63) is 41.5 Å². The monoisotopic (exact) mass is 302 g/mol. The second-order valence-corrected chi connectivity index (χ2v) is 5.90. The summed E-state index contributed by atoms with van der Waals surface area (Å²) in [5.74, 6) is -0.982. The van der Waals surface area contributed by atoms with Gasteiger partial charge in [0, 0.05) is 12.6 Å². The standard InChI is InChI=1S/C17H22N2O3/c1-12-6-3-4-7-14(12)13(2)10-15(20)19-9-5-8-17(22,11-19)16(18)21/h3-4,6-7,10,22H,5,8-9,11H2,1-2H3,(H2,18,21)/b13-10+. The second-order valence-electron chi connectivity index (χ2n) is 5.90. The first-order chi connectivity index (χ1) is 10.3. The third kappa shape index (κ3) is 3.36. The molecule has 0 aromatic heterocycles. The predicted octanol–water partition coefficient (Wildman–Crippen LogP) is 1.24. The zero-order valence-corrected chi connectivity index (χ0v) is 13.0. The molecule has 1 saturated heterocycles. The van der Waals surface area contributed by atoms with E-state index in [9.17, 15) is 14.7 Å². The number of β-amino-alcohol motifs (C(OH)–C–C–N with tert-alkyl or cyclic N) is 1. The molecule has 0 radical (unpaired) electrons. The van der Waals surface area contributed by atoms with Gasteiger partial charge in [0.2, 0.25) is 5.91 Å². The van der Waals surface area contributed by atoms with Gasteiger partial charge in [-0.15, -0.1) is 0 Å². The summed E-state index contributed by atoms with van der Waals surface area (Å²) in [5.41, 5.74) is 6.58. The van der Waals surface area contributed by atoms with Gasteiger partial charge in [-0.2, -0.15) is 0 Å². The second kappa shape index (κ2) is 6.32. The smallest absolute Gasteiger partial charge is 0.251 e. The number of piperidine rings is 1. The molecule has 2 amide bonds. The minimum absolute atomic E-state index is 0.0429. The quantitative estimate of drug-likeness (QED) is 0.824. The molecular weight excluding hydrogens is 280 g/mol. The molecule has 1 aromatic carbocycles. The van der Waals surface area contributed by atoms with Gasteiger partial charge in [0.05, 0.1) is 6.54 Å². The number of allylic oxidation sites excluding steroid dienone is 1. The summed E-state index contributed by atoms with van der Waals surface area (Å²) in [4.78, 5) is 25.2. The molecule has 1 heterocycles. The number of carbonyl (C=O) groups is 2. The summed E-state index contributed by atoms with van der Waals surface area (Å²) in [5, 5.41) is 10.2. The number of nitrogens with two attached hydrogens (primary N) is 1. The van der Waals surface area contributed by atoms with Crippen molar-refractivity contribution in [3.63, 3.8) is 0 Å². The number of hydrogen-bond acceptors (Lipinski definition) is 3. The molecule has 0 spiro atoms. The van der Waals surface area contributed by atoms with Crippen LogP contribution in [0.4, 0.5) is 0 Å². The molecule has 3 N–H and O–H groups in total. The molecule has 2 rings (SSSR count). The summed E-state index contributed by atoms with van der Waals surface area (Å²) in [6, 6.07) is 7.83. The molecule has 5 nitrogen and oxygen atoms in total. The fourth-order valence-corrected chi connectivity index (χ4v) is 2.80. The molecule has 0 bridgehead atoms. The van der Waals surface area contributed by atoms with Gasteiger partial charge in [-0.3, -0.25) is 9.59 Å². The number of hydrogen-bond donors (Lipinski definition) is 2. The Kier molecular flexibility index (Phi) is 4.66. The highest BCUT2D eigenvalue weighted by Crippen LogP contribution is 2.23. The lowest BCUT2D eigenvalue weighted by molar-refractivity contribution is -0.146. The van der Waals surface area contributed by atoms with Crippen LogP contribution in [-0.2, 0) is 9.59 Å². The molecule has 1 atom stereocenters. The van der Waals surface area contributed by atoms with Gasteiger partial charge >= 0.3 is 0 Å². The van der Waals surface area contributed by atoms with E-state index in [-0.39, 0.29) is 12.5 Å². The Bertz CT molecular complexity index is 624. The van der Waals surface area contributed by atoms with Crippen molar-refractivity contribution < 1.29 is 14.7 Å². The Morgan fingerprint density at radius 2 is 2.05 bits per heavy atom. The Hall–Kier alpha value is -2.14. The predicted molar refractivity (Wildman–Crippen MR) is 84.8 cm³/mol. The normalized spacial score (nSPS) is 22.5. The number of amides is 2. The van der Waals surface area contributed by atoms with Gasteiger partial charge < -0.3 is 15.7 Å². The summed E-state index contributed by atoms with van der Waals surface area (Å²) in [6.45, 7) is 4.35. The summed E-state index contributed by atoms with van der Waals surface area (Å²) in [7, 11) is 0. The minimum atomic E-state index is -1.61. The molecule has 1 aromatic rings. The molecule has 0 saturated carbocycles. The number of rotatable bonds is 3. The lowest BCUT2D eigenvalue weighted by Crippen LogP contribution is -2.56. The number of nitrogens with zero attached hydrogens (tertiary/aromatic N) is 1. The van der Waals surface area contributed by atoms with Crippen LogP contribution in [0.2, 0.25) is 0 Å². The summed E-state index contributed by atoms with van der Waals surface area (Å²) >= 11 is 0. The topological polar surface area (TPSA) is 83.6 Å². The van der Waals surface area contributed by atoms with E-state index in [4.69, 9.17) is 5.73 Å². The molecule has 1 aliphatic heterocycles. The third-order valence-corrected chi connectivity index (χ3v) is 4.15. The van der Waals surface area contributed by atoms with E-state index in [1.165, 1.54) is 4.90 Å². The third-order valence-electron chi connectivity index (χ3n) is 4.15. The lowest BCUT2D eigenvalue weighted by atomic mass is 9.92. The van der Waals surface area contributed by atoms with Gasteiger partial charge in [0.15, 0.2) is 5.60 Å². The first-order valence-electron chi connectivity index (χ1n) is 7.39. The fourth-order valence-electron chi connectivity index (χ4n) is 2.80. The van der Waals surface area contributed by atoms with Crippen LogP contribution in [0.5, 0.6) is 0 Å². The number of likely N-dealkylation sites (tertiary alicyclic amines) is 1. The molecule has 5 heteroatoms. The Balaban J connectivity index is 2.16. The molecule has 1 fully saturated rings. The van der Waals surface area contributed by atoms with Gasteiger partial charge in [0.25, 0.3) is 5.91 Å². The van der Waals surface area contributed by atoms with E-state index >= 15 is 0 Å². The van der Waals surface area contributed by atoms with Crippen molar-refractivity contribution >= 4 is 17.4 Å². The molecule has 1 aliphatic rings. The maximum atomic E-state index is 12.4. The Labute approximate surface area is 130 Å². The average Bonchev–Trinajstić information content (AvgIpc) is 2.47. The van der Waals surface area contributed by atoms with Crippen molar-refractivity contribution in [1.29, 1.82) is 0 Å². The Morgan fingerprint density at radius 1 is 1.36 bits per heavy atom. The van der Waals surface area contributed by atoms with Crippen molar-refractivity contribution in [3.8, 4) is 0 Å². The maximum absolute atomic E-state index is 12.4. The van der Waals surface area contributed by atoms with Crippen LogP contribution in [-0.4, -0.2) is 40.5 Å². The number of aryl methyl sites for hydroxylation is 1. The fraction of sp³-hybridized carbons (Fsp3) is 0.412. The molecule has 1 unspecified atom stereocenters. The van der Waals surface area contributed by atoms with Crippen LogP contribution in [0.15, 0.2) is 30.3 Å². The number of primary amides is 1. The van der Waals surface area contributed by atoms with Crippen molar-refractivity contribution in [2.45, 2.75) is 32.3 Å². The first kappa shape index (κ1) is 16.2. The van der Waals surface area contributed by atoms with Crippen molar-refractivity contribution in [2.24, 2.45) is 5.73 Å². The van der Waals surface area contributed by atoms with Crippen LogP contribution in [0.3, 0.4) is 0 Å². The van der Waals surface area contributed by atoms with E-state index in [1.807, 2.05) is 38.1 Å². The number of aliphatic hydroxyl groups is 1. The van der Waals surface area contributed by atoms with Gasteiger partial charge in [0.1, 0.15) is 0 Å². The molecule has 118 valence electrons. The molecule has 0 aliphatic carbocycles. The highest BCUT2D eigenvalue weighted by Gasteiger charge is 2.39. The highest BCUT2D eigenvalue weighted by molar-refractivity contribution is 5.96. The zero-order valence-electron chi connectivity index (χ0n) is 13.0. The zero-order chi connectivity index (χ0) is 16.3. The van der Waals surface area contributed by atoms with E-state index in [0.29, 0.717) is 19.4 Å². The lowest BCUT2D eigenvalue weighted by Gasteiger charge is -2.36. The summed E-state index contributed by atoms with van der Waals surface area (Å²) < 4.78 is 0. The van der Waals surface area contributed by atoms with Gasteiger partial charge in [-0.1, -0.05) is 24.3 Å². The van der Waals surface area contributed by atoms with E-state index in [0.717, 1.165) is 16.7 Å². The largest absolute Gasteiger partial charge is 0.378 e. The van der Waals surface area contributed by atoms with E-state index in [1.54, 1.807) is 6.08 Å². The van der Waals surface area contributed by atoms with Crippen LogP contribution in [0.25, 0.3) is 5.57 Å². The Morgan fingerprint density at radius 3 is 2.68 bits per heavy atom. The SMILES string of the molecule is C/C(=C\C(=O)N1CCCC(O)(C(N)=O)C1)c1ccccc1C. The van der Waals surface area contributed by atoms with Crippen LogP contribution in [0, 0.1) is 6.92 Å². The van der Waals surface area contributed by atoms with Crippen LogP contribution in [0.1, 0.15) is 30.9 Å².